The summed E-state index contributed by atoms with van der Waals surface area (Å²) in [6.45, 7) is 7.61. The van der Waals surface area contributed by atoms with Crippen LogP contribution in [0.3, 0.4) is 0 Å². The van der Waals surface area contributed by atoms with Gasteiger partial charge in [0.15, 0.2) is 0 Å². The number of anilines is 2. The van der Waals surface area contributed by atoms with Crippen LogP contribution >= 0.6 is 0 Å². The van der Waals surface area contributed by atoms with Crippen LogP contribution in [-0.4, -0.2) is 22.6 Å². The fraction of sp³-hybridized carbons (Fsp3) is 0.733. The molecule has 0 aromatic carbocycles. The molecule has 3 N–H and O–H groups in total. The van der Waals surface area contributed by atoms with Crippen LogP contribution in [0.4, 0.5) is 11.8 Å². The van der Waals surface area contributed by atoms with Crippen molar-refractivity contribution in [2.75, 3.05) is 17.6 Å². The van der Waals surface area contributed by atoms with Crippen molar-refractivity contribution in [2.45, 2.75) is 59.0 Å². The normalized spacial score (nSPS) is 18.8. The van der Waals surface area contributed by atoms with Gasteiger partial charge in [0, 0.05) is 12.6 Å². The van der Waals surface area contributed by atoms with E-state index >= 15 is 0 Å². The minimum absolute atomic E-state index is 0.247. The van der Waals surface area contributed by atoms with Crippen molar-refractivity contribution in [1.29, 1.82) is 0 Å². The summed E-state index contributed by atoms with van der Waals surface area (Å²) in [4.78, 5) is 8.34. The molecule has 20 heavy (non-hydrogen) atoms. The van der Waals surface area contributed by atoms with Gasteiger partial charge in [-0.25, -0.2) is 0 Å². The average molecular weight is 278 g/mol. The lowest BCUT2D eigenvalue weighted by molar-refractivity contribution is 0.0950. The Bertz CT molecular complexity index is 437. The molecule has 1 aromatic rings. The van der Waals surface area contributed by atoms with Gasteiger partial charge in [0.2, 0.25) is 11.8 Å². The van der Waals surface area contributed by atoms with Gasteiger partial charge in [-0.3, -0.25) is 0 Å². The number of nitrogens with zero attached hydrogens (tertiary/aromatic N) is 2. The standard InChI is InChI=1S/C15H26N4O/c1-4-9-17-12-10-13(19-14(16)18-12)20-11-5-7-15(2,3)8-6-11/h10-11H,4-9H2,1-3H3,(H3,16,17,18,19). The van der Waals surface area contributed by atoms with E-state index in [4.69, 9.17) is 10.5 Å². The highest BCUT2D eigenvalue weighted by atomic mass is 16.5. The Hall–Kier alpha value is -1.52. The van der Waals surface area contributed by atoms with Crippen LogP contribution in [-0.2, 0) is 0 Å². The van der Waals surface area contributed by atoms with E-state index in [1.165, 1.54) is 12.8 Å². The molecule has 1 aromatic heterocycles. The first-order valence-electron chi connectivity index (χ1n) is 7.53. The number of ether oxygens (including phenoxy) is 1. The van der Waals surface area contributed by atoms with Crippen molar-refractivity contribution in [3.63, 3.8) is 0 Å². The molecule has 0 amide bonds. The maximum Gasteiger partial charge on any atom is 0.225 e. The lowest BCUT2D eigenvalue weighted by atomic mass is 9.76. The third kappa shape index (κ3) is 4.25. The number of nitrogen functional groups attached to an aromatic ring is 1. The van der Waals surface area contributed by atoms with Gasteiger partial charge >= 0.3 is 0 Å². The van der Waals surface area contributed by atoms with Crippen LogP contribution in [0.15, 0.2) is 6.07 Å². The Morgan fingerprint density at radius 3 is 2.70 bits per heavy atom. The molecule has 0 unspecified atom stereocenters. The third-order valence-electron chi connectivity index (χ3n) is 3.85. The van der Waals surface area contributed by atoms with E-state index in [2.05, 4.69) is 36.1 Å². The maximum absolute atomic E-state index is 5.98. The molecule has 0 aliphatic heterocycles. The second-order valence-corrected chi connectivity index (χ2v) is 6.36. The summed E-state index contributed by atoms with van der Waals surface area (Å²) >= 11 is 0. The average Bonchev–Trinajstić information content (AvgIpc) is 2.38. The smallest absolute Gasteiger partial charge is 0.225 e. The lowest BCUT2D eigenvalue weighted by Gasteiger charge is -2.34. The van der Waals surface area contributed by atoms with Crippen LogP contribution in [0.1, 0.15) is 52.9 Å². The van der Waals surface area contributed by atoms with E-state index in [1.807, 2.05) is 6.07 Å². The number of aromatic nitrogens is 2. The molecule has 112 valence electrons. The summed E-state index contributed by atoms with van der Waals surface area (Å²) in [6, 6.07) is 1.84. The van der Waals surface area contributed by atoms with Gasteiger partial charge in [-0.15, -0.1) is 0 Å². The fourth-order valence-corrected chi connectivity index (χ4v) is 2.51. The Balaban J connectivity index is 1.97. The number of hydrogen-bond donors (Lipinski definition) is 2. The van der Waals surface area contributed by atoms with Gasteiger partial charge in [-0.1, -0.05) is 20.8 Å². The second-order valence-electron chi connectivity index (χ2n) is 6.36. The van der Waals surface area contributed by atoms with Gasteiger partial charge < -0.3 is 15.8 Å². The van der Waals surface area contributed by atoms with E-state index < -0.39 is 0 Å². The van der Waals surface area contributed by atoms with Crippen molar-refractivity contribution in [3.05, 3.63) is 6.07 Å². The highest BCUT2D eigenvalue weighted by molar-refractivity contribution is 5.42. The van der Waals surface area contributed by atoms with E-state index in [0.29, 0.717) is 11.3 Å². The predicted molar refractivity (Wildman–Crippen MR) is 81.9 cm³/mol. The highest BCUT2D eigenvalue weighted by Gasteiger charge is 2.28. The van der Waals surface area contributed by atoms with Crippen molar-refractivity contribution < 1.29 is 4.74 Å². The molecule has 5 heteroatoms. The van der Waals surface area contributed by atoms with Gasteiger partial charge in [-0.05, 0) is 37.5 Å². The molecule has 1 aliphatic rings. The Morgan fingerprint density at radius 1 is 1.35 bits per heavy atom. The molecular weight excluding hydrogens is 252 g/mol. The van der Waals surface area contributed by atoms with Gasteiger partial charge in [0.1, 0.15) is 11.9 Å². The zero-order valence-electron chi connectivity index (χ0n) is 12.8. The first-order chi connectivity index (χ1) is 9.48. The van der Waals surface area contributed by atoms with Gasteiger partial charge in [0.05, 0.1) is 0 Å². The summed E-state index contributed by atoms with van der Waals surface area (Å²) < 4.78 is 5.98. The van der Waals surface area contributed by atoms with E-state index in [1.54, 1.807) is 0 Å². The largest absolute Gasteiger partial charge is 0.474 e. The second kappa shape index (κ2) is 6.29. The van der Waals surface area contributed by atoms with Crippen LogP contribution < -0.4 is 15.8 Å². The SMILES string of the molecule is CCCNc1cc(OC2CCC(C)(C)CC2)nc(N)n1. The van der Waals surface area contributed by atoms with Crippen molar-refractivity contribution in [2.24, 2.45) is 5.41 Å². The van der Waals surface area contributed by atoms with Crippen LogP contribution in [0.5, 0.6) is 5.88 Å². The van der Waals surface area contributed by atoms with Gasteiger partial charge in [0.25, 0.3) is 0 Å². The summed E-state index contributed by atoms with van der Waals surface area (Å²) in [5, 5.41) is 3.21. The summed E-state index contributed by atoms with van der Waals surface area (Å²) in [5.74, 6) is 1.59. The topological polar surface area (TPSA) is 73.1 Å². The number of nitrogens with two attached hydrogens (primary N) is 1. The van der Waals surface area contributed by atoms with E-state index in [0.717, 1.165) is 31.6 Å². The molecule has 1 heterocycles. The van der Waals surface area contributed by atoms with E-state index in [-0.39, 0.29) is 12.1 Å². The molecular formula is C15H26N4O. The van der Waals surface area contributed by atoms with Crippen molar-refractivity contribution in [1.82, 2.24) is 9.97 Å². The monoisotopic (exact) mass is 278 g/mol. The summed E-state index contributed by atoms with van der Waals surface area (Å²) in [5.41, 5.74) is 6.18. The lowest BCUT2D eigenvalue weighted by Crippen LogP contribution is -2.28. The first kappa shape index (κ1) is 14.9. The molecule has 1 fully saturated rings. The first-order valence-corrected chi connectivity index (χ1v) is 7.53. The Labute approximate surface area is 121 Å². The van der Waals surface area contributed by atoms with E-state index in [9.17, 15) is 0 Å². The zero-order valence-corrected chi connectivity index (χ0v) is 12.8. The zero-order chi connectivity index (χ0) is 14.6. The van der Waals surface area contributed by atoms with Gasteiger partial charge in [-0.2, -0.15) is 9.97 Å². The third-order valence-corrected chi connectivity index (χ3v) is 3.85. The molecule has 0 bridgehead atoms. The predicted octanol–water partition coefficient (Wildman–Crippen LogP) is 3.23. The molecule has 0 atom stereocenters. The molecule has 0 saturated heterocycles. The number of nitrogens with one attached hydrogen (secondary N) is 1. The van der Waals surface area contributed by atoms with Crippen LogP contribution in [0.2, 0.25) is 0 Å². The van der Waals surface area contributed by atoms with Crippen molar-refractivity contribution in [3.8, 4) is 5.88 Å². The summed E-state index contributed by atoms with van der Waals surface area (Å²) in [6.07, 6.45) is 5.83. The minimum Gasteiger partial charge on any atom is -0.474 e. The van der Waals surface area contributed by atoms with Crippen LogP contribution in [0.25, 0.3) is 0 Å². The highest BCUT2D eigenvalue weighted by Crippen LogP contribution is 2.36. The molecule has 1 saturated carbocycles. The Kier molecular flexibility index (Phi) is 4.68. The van der Waals surface area contributed by atoms with Crippen LogP contribution in [0, 0.1) is 5.41 Å². The molecule has 0 spiro atoms. The Morgan fingerprint density at radius 2 is 2.05 bits per heavy atom. The number of hydrogen-bond acceptors (Lipinski definition) is 5. The van der Waals surface area contributed by atoms with Crippen molar-refractivity contribution >= 4 is 11.8 Å². The molecule has 0 radical (unpaired) electrons. The summed E-state index contributed by atoms with van der Waals surface area (Å²) in [7, 11) is 0. The molecule has 5 nitrogen and oxygen atoms in total. The number of rotatable bonds is 5. The minimum atomic E-state index is 0.247. The fourth-order valence-electron chi connectivity index (χ4n) is 2.51. The molecule has 2 rings (SSSR count). The molecule has 1 aliphatic carbocycles. The quantitative estimate of drug-likeness (QED) is 0.865. The maximum atomic E-state index is 5.98.